The molecule has 2 heterocycles. The maximum atomic E-state index is 12.6. The summed E-state index contributed by atoms with van der Waals surface area (Å²) in [7, 11) is 0. The maximum absolute atomic E-state index is 12.6. The van der Waals surface area contributed by atoms with Gasteiger partial charge in [-0.3, -0.25) is 4.79 Å². The second kappa shape index (κ2) is 6.18. The third-order valence-electron chi connectivity index (χ3n) is 3.68. The van der Waals surface area contributed by atoms with Crippen molar-refractivity contribution in [3.05, 3.63) is 46.3 Å². The number of piperazine rings is 1. The first kappa shape index (κ1) is 14.6. The van der Waals surface area contributed by atoms with E-state index in [1.165, 1.54) is 11.3 Å². The summed E-state index contributed by atoms with van der Waals surface area (Å²) >= 11 is 1.32. The number of carbonyl (C=O) groups is 1. The van der Waals surface area contributed by atoms with Crippen LogP contribution >= 0.6 is 11.3 Å². The number of hydrogen-bond acceptors (Lipinski definition) is 6. The van der Waals surface area contributed by atoms with Crippen LogP contribution in [0, 0.1) is 11.3 Å². The lowest BCUT2D eigenvalue weighted by molar-refractivity contribution is 0.104. The van der Waals surface area contributed by atoms with E-state index in [0.717, 1.165) is 31.2 Å². The molecule has 1 saturated heterocycles. The molecule has 0 aliphatic carbocycles. The lowest BCUT2D eigenvalue weighted by atomic mass is 10.1. The molecule has 5 nitrogen and oxygen atoms in total. The van der Waals surface area contributed by atoms with Gasteiger partial charge in [0.2, 0.25) is 5.78 Å². The number of ketones is 1. The summed E-state index contributed by atoms with van der Waals surface area (Å²) in [5.41, 5.74) is 7.40. The van der Waals surface area contributed by atoms with E-state index in [1.54, 1.807) is 12.1 Å². The van der Waals surface area contributed by atoms with E-state index >= 15 is 0 Å². The molecule has 1 aliphatic heterocycles. The largest absolute Gasteiger partial charge is 0.396 e. The van der Waals surface area contributed by atoms with Crippen LogP contribution in [0.15, 0.2) is 30.3 Å². The van der Waals surface area contributed by atoms with Crippen molar-refractivity contribution in [2.24, 2.45) is 0 Å². The van der Waals surface area contributed by atoms with Crippen molar-refractivity contribution in [1.82, 2.24) is 5.32 Å². The molecule has 0 unspecified atom stereocenters. The van der Waals surface area contributed by atoms with Crippen LogP contribution in [-0.4, -0.2) is 32.0 Å². The van der Waals surface area contributed by atoms with E-state index < -0.39 is 0 Å². The van der Waals surface area contributed by atoms with Crippen molar-refractivity contribution in [3.63, 3.8) is 0 Å². The van der Waals surface area contributed by atoms with Crippen molar-refractivity contribution < 1.29 is 4.79 Å². The Bertz CT molecular complexity index is 727. The molecule has 1 aromatic carbocycles. The summed E-state index contributed by atoms with van der Waals surface area (Å²) in [6.45, 7) is 3.36. The molecule has 0 saturated carbocycles. The summed E-state index contributed by atoms with van der Waals surface area (Å²) < 4.78 is 0. The highest BCUT2D eigenvalue weighted by Crippen LogP contribution is 2.39. The Labute approximate surface area is 133 Å². The molecule has 0 radical (unpaired) electrons. The molecule has 3 N–H and O–H groups in total. The highest BCUT2D eigenvalue weighted by Gasteiger charge is 2.25. The molecule has 2 aromatic rings. The topological polar surface area (TPSA) is 82.2 Å². The van der Waals surface area contributed by atoms with E-state index in [4.69, 9.17) is 5.73 Å². The van der Waals surface area contributed by atoms with Gasteiger partial charge >= 0.3 is 0 Å². The number of anilines is 2. The number of hydrogen-bond donors (Lipinski definition) is 2. The second-order valence-corrected chi connectivity index (χ2v) is 6.07. The number of rotatable bonds is 3. The number of benzene rings is 1. The normalized spacial score (nSPS) is 14.6. The van der Waals surface area contributed by atoms with E-state index in [2.05, 4.69) is 16.3 Å². The van der Waals surface area contributed by atoms with Gasteiger partial charge in [0.15, 0.2) is 0 Å². The van der Waals surface area contributed by atoms with Crippen molar-refractivity contribution >= 4 is 27.8 Å². The van der Waals surface area contributed by atoms with Crippen molar-refractivity contribution in [3.8, 4) is 6.07 Å². The number of nitrogens with zero attached hydrogens (tertiary/aromatic N) is 2. The smallest absolute Gasteiger partial charge is 0.205 e. The molecule has 1 aromatic heterocycles. The maximum Gasteiger partial charge on any atom is 0.205 e. The Balaban J connectivity index is 2.01. The van der Waals surface area contributed by atoms with Crippen LogP contribution in [0.5, 0.6) is 0 Å². The van der Waals surface area contributed by atoms with Gasteiger partial charge in [-0.15, -0.1) is 11.3 Å². The fourth-order valence-electron chi connectivity index (χ4n) is 2.52. The fourth-order valence-corrected chi connectivity index (χ4v) is 3.70. The lowest BCUT2D eigenvalue weighted by Gasteiger charge is -2.28. The highest BCUT2D eigenvalue weighted by molar-refractivity contribution is 7.19. The molecule has 112 valence electrons. The molecule has 0 atom stereocenters. The number of thiophene rings is 1. The second-order valence-electron chi connectivity index (χ2n) is 5.07. The molecule has 1 aliphatic rings. The minimum absolute atomic E-state index is 0.124. The van der Waals surface area contributed by atoms with Gasteiger partial charge in [-0.2, -0.15) is 5.26 Å². The number of carbonyl (C=O) groups excluding carboxylic acids is 1. The van der Waals surface area contributed by atoms with Crippen LogP contribution in [0.25, 0.3) is 0 Å². The van der Waals surface area contributed by atoms with Crippen LogP contribution in [0.3, 0.4) is 0 Å². The van der Waals surface area contributed by atoms with Gasteiger partial charge in [0, 0.05) is 31.7 Å². The minimum atomic E-state index is -0.124. The van der Waals surface area contributed by atoms with Gasteiger partial charge in [0.05, 0.1) is 5.69 Å². The number of nitrogens with one attached hydrogen (secondary N) is 1. The van der Waals surface area contributed by atoms with Gasteiger partial charge in [-0.05, 0) is 0 Å². The Morgan fingerprint density at radius 1 is 1.27 bits per heavy atom. The average Bonchev–Trinajstić information content (AvgIpc) is 2.92. The zero-order valence-electron chi connectivity index (χ0n) is 12.0. The summed E-state index contributed by atoms with van der Waals surface area (Å²) in [6.07, 6.45) is 0. The van der Waals surface area contributed by atoms with Gasteiger partial charge in [0.25, 0.3) is 0 Å². The van der Waals surface area contributed by atoms with E-state index in [1.807, 2.05) is 18.2 Å². The molecule has 0 bridgehead atoms. The molecular weight excluding hydrogens is 296 g/mol. The van der Waals surface area contributed by atoms with Crippen molar-refractivity contribution in [2.45, 2.75) is 0 Å². The fraction of sp³-hybridized carbons (Fsp3) is 0.250. The number of nitriles is 1. The zero-order chi connectivity index (χ0) is 15.5. The van der Waals surface area contributed by atoms with Gasteiger partial charge in [-0.25, -0.2) is 0 Å². The predicted octanol–water partition coefficient (Wildman–Crippen LogP) is 1.84. The molecule has 3 rings (SSSR count). The summed E-state index contributed by atoms with van der Waals surface area (Å²) in [6, 6.07) is 11.2. The third kappa shape index (κ3) is 2.56. The number of nitrogens with two attached hydrogens (primary N) is 1. The van der Waals surface area contributed by atoms with Gasteiger partial charge < -0.3 is 16.0 Å². The highest BCUT2D eigenvalue weighted by atomic mass is 32.1. The van der Waals surface area contributed by atoms with Crippen LogP contribution in [-0.2, 0) is 0 Å². The Morgan fingerprint density at radius 3 is 2.59 bits per heavy atom. The lowest BCUT2D eigenvalue weighted by Crippen LogP contribution is -2.43. The van der Waals surface area contributed by atoms with Crippen molar-refractivity contribution in [1.29, 1.82) is 5.26 Å². The summed E-state index contributed by atoms with van der Waals surface area (Å²) in [5.74, 6) is -0.124. The SMILES string of the molecule is N#Cc1c(N2CCNCC2)sc(C(=O)c2ccccc2)c1N. The Kier molecular flexibility index (Phi) is 4.09. The summed E-state index contributed by atoms with van der Waals surface area (Å²) in [4.78, 5) is 15.2. The van der Waals surface area contributed by atoms with E-state index in [9.17, 15) is 10.1 Å². The summed E-state index contributed by atoms with van der Waals surface area (Å²) in [5, 5.41) is 13.5. The molecule has 1 fully saturated rings. The first-order chi connectivity index (χ1) is 10.7. The molecule has 0 spiro atoms. The number of nitrogen functional groups attached to an aromatic ring is 1. The van der Waals surface area contributed by atoms with E-state index in [-0.39, 0.29) is 5.78 Å². The van der Waals surface area contributed by atoms with Gasteiger partial charge in [-0.1, -0.05) is 30.3 Å². The molecule has 6 heteroatoms. The minimum Gasteiger partial charge on any atom is -0.396 e. The Morgan fingerprint density at radius 2 is 1.95 bits per heavy atom. The van der Waals surface area contributed by atoms with Crippen LogP contribution in [0.4, 0.5) is 10.7 Å². The predicted molar refractivity (Wildman–Crippen MR) is 88.4 cm³/mol. The standard InChI is InChI=1S/C16H16N4OS/c17-10-12-13(18)15(14(21)11-4-2-1-3-5-11)22-16(12)20-8-6-19-7-9-20/h1-5,19H,6-9,18H2. The van der Waals surface area contributed by atoms with E-state index in [0.29, 0.717) is 21.7 Å². The quantitative estimate of drug-likeness (QED) is 0.845. The van der Waals surface area contributed by atoms with Crippen LogP contribution < -0.4 is 16.0 Å². The first-order valence-corrected chi connectivity index (χ1v) is 7.92. The Hall–Kier alpha value is -2.36. The zero-order valence-corrected chi connectivity index (χ0v) is 12.8. The first-order valence-electron chi connectivity index (χ1n) is 7.10. The molecule has 0 amide bonds. The monoisotopic (exact) mass is 312 g/mol. The average molecular weight is 312 g/mol. The molecule has 22 heavy (non-hydrogen) atoms. The van der Waals surface area contributed by atoms with Gasteiger partial charge in [0.1, 0.15) is 21.5 Å². The molecular formula is C16H16N4OS. The third-order valence-corrected chi connectivity index (χ3v) is 4.95. The van der Waals surface area contributed by atoms with Crippen LogP contribution in [0.2, 0.25) is 0 Å². The van der Waals surface area contributed by atoms with Crippen LogP contribution in [0.1, 0.15) is 20.8 Å². The van der Waals surface area contributed by atoms with Crippen molar-refractivity contribution in [2.75, 3.05) is 36.8 Å².